The van der Waals surface area contributed by atoms with E-state index in [9.17, 15) is 9.59 Å². The molecule has 216 valence electrons. The predicted molar refractivity (Wildman–Crippen MR) is 160 cm³/mol. The van der Waals surface area contributed by atoms with Crippen molar-refractivity contribution in [1.82, 2.24) is 0 Å². The standard InChI is InChI=1S/C31H54O5Si2/c1-18-15-24-27(26-21(18)16-22(20(3)32)23(26)17-25(33)34-10)29(36-38(13,14)31(7,8)9)19(2)28(24)35-37(11,12)30(4,5)6/h15-16,19,21,23-24,26-29H,17H2,1-14H3/t19-,21-,23-,24+,26+,27-,28-,29+/m0/s1. The minimum atomic E-state index is -2.11. The van der Waals surface area contributed by atoms with Gasteiger partial charge in [-0.2, -0.15) is 0 Å². The number of ketones is 1. The lowest BCUT2D eigenvalue weighted by Gasteiger charge is -2.45. The van der Waals surface area contributed by atoms with Gasteiger partial charge in [-0.05, 0) is 67.5 Å². The minimum absolute atomic E-state index is 0.00682. The molecule has 0 aliphatic heterocycles. The van der Waals surface area contributed by atoms with Gasteiger partial charge >= 0.3 is 5.97 Å². The Balaban J connectivity index is 2.16. The van der Waals surface area contributed by atoms with Crippen LogP contribution < -0.4 is 0 Å². The molecule has 0 aromatic heterocycles. The summed E-state index contributed by atoms with van der Waals surface area (Å²) in [6.45, 7) is 29.2. The lowest BCUT2D eigenvalue weighted by molar-refractivity contribution is -0.142. The van der Waals surface area contributed by atoms with Crippen molar-refractivity contribution >= 4 is 28.4 Å². The number of fused-ring (bicyclic) bond motifs is 3. The molecule has 3 aliphatic rings. The maximum Gasteiger partial charge on any atom is 0.306 e. The molecule has 3 rings (SSSR count). The highest BCUT2D eigenvalue weighted by molar-refractivity contribution is 6.74. The van der Waals surface area contributed by atoms with Crippen LogP contribution in [0.1, 0.15) is 68.7 Å². The zero-order valence-corrected chi connectivity index (χ0v) is 28.5. The molecular formula is C31H54O5Si2. The largest absolute Gasteiger partial charge is 0.469 e. The topological polar surface area (TPSA) is 61.8 Å². The molecule has 0 aromatic carbocycles. The predicted octanol–water partition coefficient (Wildman–Crippen LogP) is 7.55. The summed E-state index contributed by atoms with van der Waals surface area (Å²) in [7, 11) is -2.74. The molecule has 0 aromatic rings. The van der Waals surface area contributed by atoms with E-state index in [1.54, 1.807) is 6.92 Å². The highest BCUT2D eigenvalue weighted by Crippen LogP contribution is 2.60. The SMILES string of the molecule is COC(=O)C[C@H]1C(C(C)=O)=C[C@H]2C(C)=C[C@H]3[C@@H](O[Si](C)(C)C(C)(C)C)[C@H](C)[C@@H](O[Si](C)(C)C(C)(C)C)[C@@H]3[C@H]21. The summed E-state index contributed by atoms with van der Waals surface area (Å²) in [5.41, 5.74) is 2.07. The zero-order chi connectivity index (χ0) is 29.2. The molecule has 1 saturated carbocycles. The van der Waals surface area contributed by atoms with E-state index in [1.807, 2.05) is 0 Å². The van der Waals surface area contributed by atoms with Crippen LogP contribution in [0, 0.1) is 35.5 Å². The van der Waals surface area contributed by atoms with Gasteiger partial charge in [-0.15, -0.1) is 0 Å². The van der Waals surface area contributed by atoms with Crippen LogP contribution in [0.2, 0.25) is 36.3 Å². The number of esters is 1. The Morgan fingerprint density at radius 3 is 1.82 bits per heavy atom. The van der Waals surface area contributed by atoms with E-state index in [0.29, 0.717) is 0 Å². The molecule has 0 N–H and O–H groups in total. The number of allylic oxidation sites excluding steroid dienone is 3. The quantitative estimate of drug-likeness (QED) is 0.182. The zero-order valence-electron chi connectivity index (χ0n) is 26.5. The van der Waals surface area contributed by atoms with Crippen molar-refractivity contribution in [1.29, 1.82) is 0 Å². The van der Waals surface area contributed by atoms with E-state index in [4.69, 9.17) is 13.6 Å². The molecule has 0 unspecified atom stereocenters. The smallest absolute Gasteiger partial charge is 0.306 e. The molecule has 1 fully saturated rings. The minimum Gasteiger partial charge on any atom is -0.469 e. The summed E-state index contributed by atoms with van der Waals surface area (Å²) in [5, 5.41) is 0.172. The van der Waals surface area contributed by atoms with Crippen molar-refractivity contribution in [3.05, 3.63) is 23.3 Å². The second-order valence-corrected chi connectivity index (χ2v) is 24.8. The molecule has 38 heavy (non-hydrogen) atoms. The van der Waals surface area contributed by atoms with Gasteiger partial charge < -0.3 is 13.6 Å². The fourth-order valence-electron chi connectivity index (χ4n) is 6.54. The number of hydrogen-bond acceptors (Lipinski definition) is 5. The monoisotopic (exact) mass is 562 g/mol. The van der Waals surface area contributed by atoms with Crippen molar-refractivity contribution in [2.24, 2.45) is 35.5 Å². The summed E-state index contributed by atoms with van der Waals surface area (Å²) in [6, 6.07) is 0. The third kappa shape index (κ3) is 5.59. The number of carbonyl (C=O) groups is 2. The molecule has 7 heteroatoms. The van der Waals surface area contributed by atoms with Crippen LogP contribution in [0.4, 0.5) is 0 Å². The van der Waals surface area contributed by atoms with Gasteiger partial charge in [-0.25, -0.2) is 0 Å². The highest BCUT2D eigenvalue weighted by Gasteiger charge is 2.61. The second-order valence-electron chi connectivity index (χ2n) is 15.3. The fourth-order valence-corrected chi connectivity index (χ4v) is 9.36. The number of ether oxygens (including phenoxy) is 1. The van der Waals surface area contributed by atoms with Gasteiger partial charge in [-0.3, -0.25) is 9.59 Å². The van der Waals surface area contributed by atoms with Crippen molar-refractivity contribution in [3.8, 4) is 0 Å². The number of methoxy groups -OCH3 is 1. The van der Waals surface area contributed by atoms with Gasteiger partial charge in [0, 0.05) is 23.7 Å². The van der Waals surface area contributed by atoms with E-state index in [0.717, 1.165) is 5.57 Å². The lowest BCUT2D eigenvalue weighted by Crippen LogP contribution is -2.49. The molecule has 3 aliphatic carbocycles. The molecule has 0 spiro atoms. The maximum atomic E-state index is 12.9. The lowest BCUT2D eigenvalue weighted by atomic mass is 9.65. The summed E-state index contributed by atoms with van der Waals surface area (Å²) in [5.74, 6) is 0.456. The second kappa shape index (κ2) is 10.4. The van der Waals surface area contributed by atoms with E-state index >= 15 is 0 Å². The van der Waals surface area contributed by atoms with Crippen molar-refractivity contribution in [2.45, 2.75) is 117 Å². The highest BCUT2D eigenvalue weighted by atomic mass is 28.4. The van der Waals surface area contributed by atoms with Gasteiger partial charge in [0.05, 0.1) is 25.7 Å². The molecule has 5 nitrogen and oxygen atoms in total. The normalized spacial score (nSPS) is 33.8. The van der Waals surface area contributed by atoms with Gasteiger partial charge in [0.1, 0.15) is 0 Å². The Bertz CT molecular complexity index is 997. The Morgan fingerprint density at radius 2 is 1.37 bits per heavy atom. The van der Waals surface area contributed by atoms with E-state index in [-0.39, 0.29) is 76.0 Å². The Hall–Kier alpha value is -1.03. The summed E-state index contributed by atoms with van der Waals surface area (Å²) in [4.78, 5) is 25.5. The molecule has 0 saturated heterocycles. The molecule has 0 heterocycles. The summed E-state index contributed by atoms with van der Waals surface area (Å²) >= 11 is 0. The van der Waals surface area contributed by atoms with Gasteiger partial charge in [0.25, 0.3) is 0 Å². The van der Waals surface area contributed by atoms with Crippen molar-refractivity contribution in [2.75, 3.05) is 7.11 Å². The number of hydrogen-bond donors (Lipinski definition) is 0. The van der Waals surface area contributed by atoms with E-state index in [1.165, 1.54) is 12.7 Å². The fraction of sp³-hybridized carbons (Fsp3) is 0.806. The Labute approximate surface area is 234 Å². The van der Waals surface area contributed by atoms with Crippen LogP contribution in [0.3, 0.4) is 0 Å². The Morgan fingerprint density at radius 1 is 0.868 bits per heavy atom. The first-order chi connectivity index (χ1) is 17.1. The number of carbonyl (C=O) groups excluding carboxylic acids is 2. The maximum absolute atomic E-state index is 12.9. The number of rotatable bonds is 7. The van der Waals surface area contributed by atoms with Gasteiger partial charge in [-0.1, -0.05) is 66.2 Å². The van der Waals surface area contributed by atoms with Crippen LogP contribution in [-0.4, -0.2) is 47.7 Å². The average molecular weight is 563 g/mol. The third-order valence-electron chi connectivity index (χ3n) is 10.8. The average Bonchev–Trinajstić information content (AvgIpc) is 3.24. The van der Waals surface area contributed by atoms with Crippen molar-refractivity contribution in [3.63, 3.8) is 0 Å². The van der Waals surface area contributed by atoms with Crippen LogP contribution in [-0.2, 0) is 23.2 Å². The summed E-state index contributed by atoms with van der Waals surface area (Å²) in [6.07, 6.45) is 4.87. The summed E-state index contributed by atoms with van der Waals surface area (Å²) < 4.78 is 19.7. The molecule has 0 bridgehead atoms. The van der Waals surface area contributed by atoms with Crippen molar-refractivity contribution < 1.29 is 23.2 Å². The first kappa shape index (κ1) is 31.5. The Kier molecular flexibility index (Phi) is 8.64. The number of Topliss-reactive ketones (excluding diaryl/α,β-unsaturated/α-hetero) is 1. The molecule has 8 atom stereocenters. The first-order valence-electron chi connectivity index (χ1n) is 14.5. The van der Waals surface area contributed by atoms with Gasteiger partial charge in [0.2, 0.25) is 0 Å². The molecular weight excluding hydrogens is 509 g/mol. The van der Waals surface area contributed by atoms with Crippen LogP contribution in [0.15, 0.2) is 23.3 Å². The van der Waals surface area contributed by atoms with E-state index < -0.39 is 16.6 Å². The van der Waals surface area contributed by atoms with Gasteiger partial charge in [0.15, 0.2) is 22.4 Å². The third-order valence-corrected chi connectivity index (χ3v) is 19.7. The molecule has 0 radical (unpaired) electrons. The van der Waals surface area contributed by atoms with Crippen LogP contribution in [0.5, 0.6) is 0 Å². The van der Waals surface area contributed by atoms with Crippen LogP contribution in [0.25, 0.3) is 0 Å². The molecule has 0 amide bonds. The van der Waals surface area contributed by atoms with Crippen LogP contribution >= 0.6 is 0 Å². The first-order valence-corrected chi connectivity index (χ1v) is 20.3. The van der Waals surface area contributed by atoms with E-state index in [2.05, 4.69) is 93.7 Å².